The lowest BCUT2D eigenvalue weighted by Gasteiger charge is -2.18. The number of rotatable bonds is 6. The van der Waals surface area contributed by atoms with Crippen LogP contribution in [0.1, 0.15) is 18.4 Å². The lowest BCUT2D eigenvalue weighted by atomic mass is 9.95. The van der Waals surface area contributed by atoms with Crippen LogP contribution in [-0.2, 0) is 15.6 Å². The van der Waals surface area contributed by atoms with Gasteiger partial charge in [-0.3, -0.25) is 0 Å². The van der Waals surface area contributed by atoms with Crippen molar-refractivity contribution in [1.82, 2.24) is 14.0 Å². The molecule has 6 nitrogen and oxygen atoms in total. The first kappa shape index (κ1) is 15.3. The number of methoxy groups -OCH3 is 1. The van der Waals surface area contributed by atoms with Gasteiger partial charge < -0.3 is 9.72 Å². The molecule has 1 aliphatic carbocycles. The molecule has 1 saturated carbocycles. The Bertz CT molecular complexity index is 791. The van der Waals surface area contributed by atoms with Gasteiger partial charge in [-0.2, -0.15) is 12.7 Å². The normalized spacial score (nSPS) is 17.1. The minimum atomic E-state index is -3.40. The van der Waals surface area contributed by atoms with E-state index in [0.717, 1.165) is 35.1 Å². The van der Waals surface area contributed by atoms with E-state index in [-0.39, 0.29) is 5.41 Å². The van der Waals surface area contributed by atoms with Crippen LogP contribution < -0.4 is 9.46 Å². The third-order valence-electron chi connectivity index (χ3n) is 4.39. The number of fused-ring (bicyclic) bond motifs is 1. The fourth-order valence-electron chi connectivity index (χ4n) is 2.72. The predicted molar refractivity (Wildman–Crippen MR) is 86.4 cm³/mol. The maximum Gasteiger partial charge on any atom is 0.278 e. The van der Waals surface area contributed by atoms with Gasteiger partial charge in [0.15, 0.2) is 0 Å². The number of hydrogen-bond donors (Lipinski definition) is 2. The van der Waals surface area contributed by atoms with Crippen LogP contribution in [0, 0.1) is 0 Å². The Hall–Kier alpha value is -1.57. The van der Waals surface area contributed by atoms with E-state index < -0.39 is 10.2 Å². The second-order valence-electron chi connectivity index (χ2n) is 6.00. The molecular weight excluding hydrogens is 302 g/mol. The molecule has 0 spiro atoms. The molecule has 0 amide bonds. The highest BCUT2D eigenvalue weighted by Gasteiger charge is 2.46. The van der Waals surface area contributed by atoms with Crippen molar-refractivity contribution in [3.8, 4) is 5.75 Å². The van der Waals surface area contributed by atoms with Crippen LogP contribution in [-0.4, -0.2) is 45.5 Å². The van der Waals surface area contributed by atoms with E-state index in [9.17, 15) is 8.42 Å². The molecule has 1 aromatic heterocycles. The van der Waals surface area contributed by atoms with Crippen molar-refractivity contribution < 1.29 is 13.2 Å². The molecule has 3 rings (SSSR count). The van der Waals surface area contributed by atoms with Crippen molar-refractivity contribution in [2.75, 3.05) is 27.7 Å². The monoisotopic (exact) mass is 323 g/mol. The van der Waals surface area contributed by atoms with Gasteiger partial charge >= 0.3 is 0 Å². The van der Waals surface area contributed by atoms with Crippen molar-refractivity contribution in [3.63, 3.8) is 0 Å². The molecule has 1 aliphatic rings. The molecule has 0 aliphatic heterocycles. The molecule has 2 N–H and O–H groups in total. The van der Waals surface area contributed by atoms with Gasteiger partial charge in [0, 0.05) is 43.2 Å². The molecular formula is C15H21N3O3S. The minimum Gasteiger partial charge on any atom is -0.497 e. The van der Waals surface area contributed by atoms with Crippen LogP contribution >= 0.6 is 0 Å². The fourth-order valence-corrected chi connectivity index (χ4v) is 3.43. The summed E-state index contributed by atoms with van der Waals surface area (Å²) < 4.78 is 33.0. The quantitative estimate of drug-likeness (QED) is 0.848. The molecule has 2 aromatic rings. The SMILES string of the molecule is COc1ccc2[nH]cc(C3(CNS(=O)(=O)N(C)C)CC3)c2c1. The predicted octanol–water partition coefficient (Wildman–Crippen LogP) is 1.60. The van der Waals surface area contributed by atoms with Gasteiger partial charge in [-0.05, 0) is 36.6 Å². The van der Waals surface area contributed by atoms with Crippen LogP contribution in [0.25, 0.3) is 10.9 Å². The zero-order valence-corrected chi connectivity index (χ0v) is 13.8. The topological polar surface area (TPSA) is 74.4 Å². The van der Waals surface area contributed by atoms with E-state index in [1.54, 1.807) is 7.11 Å². The Kier molecular flexibility index (Phi) is 3.66. The van der Waals surface area contributed by atoms with Gasteiger partial charge in [-0.25, -0.2) is 4.72 Å². The third-order valence-corrected chi connectivity index (χ3v) is 5.86. The first-order valence-electron chi connectivity index (χ1n) is 7.21. The van der Waals surface area contributed by atoms with Crippen LogP contribution in [0.15, 0.2) is 24.4 Å². The summed E-state index contributed by atoms with van der Waals surface area (Å²) in [6, 6.07) is 5.90. The summed E-state index contributed by atoms with van der Waals surface area (Å²) in [6.07, 6.45) is 3.95. The Morgan fingerprint density at radius 3 is 2.68 bits per heavy atom. The summed E-state index contributed by atoms with van der Waals surface area (Å²) in [4.78, 5) is 3.26. The Morgan fingerprint density at radius 1 is 1.36 bits per heavy atom. The highest BCUT2D eigenvalue weighted by Crippen LogP contribution is 2.50. The number of H-pyrrole nitrogens is 1. The highest BCUT2D eigenvalue weighted by atomic mass is 32.2. The summed E-state index contributed by atoms with van der Waals surface area (Å²) in [6.45, 7) is 0.414. The smallest absolute Gasteiger partial charge is 0.278 e. The summed E-state index contributed by atoms with van der Waals surface area (Å²) in [5.74, 6) is 0.804. The van der Waals surface area contributed by atoms with E-state index in [1.807, 2.05) is 24.4 Å². The lowest BCUT2D eigenvalue weighted by Crippen LogP contribution is -2.39. The standard InChI is InChI=1S/C15H21N3O3S/c1-18(2)22(19,20)17-10-15(6-7-15)13-9-16-14-5-4-11(21-3)8-12(13)14/h4-5,8-9,16-17H,6-7,10H2,1-3H3. The average Bonchev–Trinajstić information content (AvgIpc) is 3.16. The van der Waals surface area contributed by atoms with Gasteiger partial charge in [0.2, 0.25) is 0 Å². The molecule has 0 radical (unpaired) electrons. The summed E-state index contributed by atoms with van der Waals surface area (Å²) in [5, 5.41) is 1.10. The Balaban J connectivity index is 1.90. The maximum absolute atomic E-state index is 11.9. The zero-order chi connectivity index (χ0) is 16.0. The first-order valence-corrected chi connectivity index (χ1v) is 8.65. The van der Waals surface area contributed by atoms with E-state index in [4.69, 9.17) is 4.74 Å². The van der Waals surface area contributed by atoms with Crippen LogP contribution in [0.3, 0.4) is 0 Å². The van der Waals surface area contributed by atoms with E-state index in [0.29, 0.717) is 6.54 Å². The molecule has 120 valence electrons. The number of nitrogens with zero attached hydrogens (tertiary/aromatic N) is 1. The molecule has 7 heteroatoms. The van der Waals surface area contributed by atoms with Crippen LogP contribution in [0.2, 0.25) is 0 Å². The minimum absolute atomic E-state index is 0.117. The summed E-state index contributed by atoms with van der Waals surface area (Å²) in [5.41, 5.74) is 2.08. The molecule has 1 fully saturated rings. The van der Waals surface area contributed by atoms with Gasteiger partial charge in [0.25, 0.3) is 10.2 Å². The summed E-state index contributed by atoms with van der Waals surface area (Å²) >= 11 is 0. The van der Waals surface area contributed by atoms with Crippen LogP contribution in [0.4, 0.5) is 0 Å². The van der Waals surface area contributed by atoms with Gasteiger partial charge in [-0.1, -0.05) is 0 Å². The fraction of sp³-hybridized carbons (Fsp3) is 0.467. The summed E-state index contributed by atoms with van der Waals surface area (Å²) in [7, 11) is 1.30. The number of aromatic amines is 1. The molecule has 22 heavy (non-hydrogen) atoms. The molecule has 1 heterocycles. The number of hydrogen-bond acceptors (Lipinski definition) is 3. The van der Waals surface area contributed by atoms with Crippen molar-refractivity contribution in [2.45, 2.75) is 18.3 Å². The molecule has 1 aromatic carbocycles. The van der Waals surface area contributed by atoms with E-state index >= 15 is 0 Å². The van der Waals surface area contributed by atoms with Gasteiger partial charge in [0.05, 0.1) is 7.11 Å². The van der Waals surface area contributed by atoms with Crippen molar-refractivity contribution in [1.29, 1.82) is 0 Å². The highest BCUT2D eigenvalue weighted by molar-refractivity contribution is 7.87. The largest absolute Gasteiger partial charge is 0.497 e. The lowest BCUT2D eigenvalue weighted by molar-refractivity contribution is 0.415. The van der Waals surface area contributed by atoms with E-state index in [1.165, 1.54) is 18.4 Å². The van der Waals surface area contributed by atoms with Gasteiger partial charge in [-0.15, -0.1) is 0 Å². The molecule has 0 atom stereocenters. The maximum atomic E-state index is 11.9. The van der Waals surface area contributed by atoms with E-state index in [2.05, 4.69) is 9.71 Å². The number of nitrogens with one attached hydrogen (secondary N) is 2. The molecule has 0 saturated heterocycles. The average molecular weight is 323 g/mol. The first-order chi connectivity index (χ1) is 10.4. The number of aromatic nitrogens is 1. The molecule has 0 bridgehead atoms. The van der Waals surface area contributed by atoms with Crippen LogP contribution in [0.5, 0.6) is 5.75 Å². The van der Waals surface area contributed by atoms with Crippen molar-refractivity contribution in [2.24, 2.45) is 0 Å². The number of ether oxygens (including phenoxy) is 1. The second-order valence-corrected chi connectivity index (χ2v) is 7.97. The zero-order valence-electron chi connectivity index (χ0n) is 13.0. The Morgan fingerprint density at radius 2 is 2.09 bits per heavy atom. The number of benzene rings is 1. The molecule has 0 unspecified atom stereocenters. The van der Waals surface area contributed by atoms with Crippen molar-refractivity contribution >= 4 is 21.1 Å². The van der Waals surface area contributed by atoms with Crippen molar-refractivity contribution in [3.05, 3.63) is 30.0 Å². The third kappa shape index (κ3) is 2.60. The second kappa shape index (κ2) is 5.26. The Labute approximate surface area is 130 Å². The van der Waals surface area contributed by atoms with Gasteiger partial charge in [0.1, 0.15) is 5.75 Å².